The highest BCUT2D eigenvalue weighted by molar-refractivity contribution is 6.13. The molecular weight excluding hydrogens is 260 g/mol. The Balaban J connectivity index is 1.88. The van der Waals surface area contributed by atoms with Crippen LogP contribution in [-0.2, 0) is 9.59 Å². The van der Waals surface area contributed by atoms with E-state index in [2.05, 4.69) is 26.8 Å². The van der Waals surface area contributed by atoms with Crippen LogP contribution >= 0.6 is 0 Å². The summed E-state index contributed by atoms with van der Waals surface area (Å²) in [7, 11) is 0. The molecule has 2 saturated carbocycles. The van der Waals surface area contributed by atoms with Crippen LogP contribution in [0.2, 0.25) is 0 Å². The summed E-state index contributed by atoms with van der Waals surface area (Å²) in [5.74, 6) is 1.20. The van der Waals surface area contributed by atoms with Gasteiger partial charge in [-0.1, -0.05) is 32.4 Å². The van der Waals surface area contributed by atoms with Gasteiger partial charge in [-0.2, -0.15) is 0 Å². The Labute approximate surface area is 125 Å². The van der Waals surface area contributed by atoms with Gasteiger partial charge in [-0.25, -0.2) is 0 Å². The summed E-state index contributed by atoms with van der Waals surface area (Å²) in [6.45, 7) is 6.79. The fraction of sp³-hybridized carbons (Fsp3) is 0.684. The number of carbonyl (C=O) groups is 2. The van der Waals surface area contributed by atoms with Crippen molar-refractivity contribution in [2.75, 3.05) is 0 Å². The maximum absolute atomic E-state index is 13.3. The average molecular weight is 282 g/mol. The van der Waals surface area contributed by atoms with Crippen LogP contribution in [0.4, 0.5) is 0 Å². The van der Waals surface area contributed by atoms with E-state index in [1.807, 2.05) is 0 Å². The van der Waals surface area contributed by atoms with Gasteiger partial charge in [0.25, 0.3) is 0 Å². The van der Waals surface area contributed by atoms with Gasteiger partial charge in [0.1, 0.15) is 0 Å². The second-order valence-electron chi connectivity index (χ2n) is 8.59. The molecule has 0 aromatic heterocycles. The average Bonchev–Trinajstić information content (AvgIpc) is 3.12. The Morgan fingerprint density at radius 3 is 2.71 bits per heavy atom. The highest BCUT2D eigenvalue weighted by Crippen LogP contribution is 2.81. The van der Waals surface area contributed by atoms with Crippen LogP contribution < -0.4 is 0 Å². The van der Waals surface area contributed by atoms with Crippen molar-refractivity contribution in [2.24, 2.45) is 34.0 Å². The summed E-state index contributed by atoms with van der Waals surface area (Å²) >= 11 is 0. The molecule has 0 aromatic rings. The maximum atomic E-state index is 13.3. The van der Waals surface area contributed by atoms with Gasteiger partial charge in [-0.3, -0.25) is 9.59 Å². The largest absolute Gasteiger partial charge is 0.298 e. The number of Topliss-reactive ketones (excluding diaryl/α,β-unsaturated/α-hetero) is 1. The lowest BCUT2D eigenvalue weighted by molar-refractivity contribution is -0.137. The molecule has 0 N–H and O–H groups in total. The molecule has 0 aliphatic heterocycles. The number of ketones is 2. The van der Waals surface area contributed by atoms with Gasteiger partial charge in [-0.15, -0.1) is 0 Å². The molecule has 5 aliphatic rings. The van der Waals surface area contributed by atoms with E-state index in [1.54, 1.807) is 6.08 Å². The molecule has 21 heavy (non-hydrogen) atoms. The zero-order valence-electron chi connectivity index (χ0n) is 13.0. The molecule has 2 spiro atoms. The first-order valence-corrected chi connectivity index (χ1v) is 8.40. The first-order chi connectivity index (χ1) is 9.89. The van der Waals surface area contributed by atoms with Gasteiger partial charge in [0, 0.05) is 11.8 Å². The van der Waals surface area contributed by atoms with E-state index in [0.29, 0.717) is 11.7 Å². The summed E-state index contributed by atoms with van der Waals surface area (Å²) in [4.78, 5) is 26.3. The molecule has 2 fully saturated rings. The molecule has 2 nitrogen and oxygen atoms in total. The van der Waals surface area contributed by atoms with E-state index >= 15 is 0 Å². The van der Waals surface area contributed by atoms with Gasteiger partial charge in [0.15, 0.2) is 11.6 Å². The van der Waals surface area contributed by atoms with Crippen LogP contribution in [0.25, 0.3) is 0 Å². The number of rotatable bonds is 0. The zero-order valence-corrected chi connectivity index (χ0v) is 13.0. The number of hydrogen-bond acceptors (Lipinski definition) is 2. The summed E-state index contributed by atoms with van der Waals surface area (Å²) < 4.78 is 0. The molecular formula is C19H22O2. The van der Waals surface area contributed by atoms with E-state index in [0.717, 1.165) is 25.7 Å². The molecule has 2 bridgehead atoms. The predicted molar refractivity (Wildman–Crippen MR) is 79.4 cm³/mol. The fourth-order valence-electron chi connectivity index (χ4n) is 7.25. The minimum absolute atomic E-state index is 0.0345. The van der Waals surface area contributed by atoms with E-state index < -0.39 is 10.8 Å². The third kappa shape index (κ3) is 0.902. The molecule has 0 unspecified atom stereocenters. The van der Waals surface area contributed by atoms with Crippen molar-refractivity contribution < 1.29 is 9.59 Å². The number of hydrogen-bond donors (Lipinski definition) is 0. The van der Waals surface area contributed by atoms with Crippen molar-refractivity contribution in [3.8, 4) is 0 Å². The first-order valence-electron chi connectivity index (χ1n) is 8.40. The van der Waals surface area contributed by atoms with Crippen molar-refractivity contribution in [1.29, 1.82) is 0 Å². The minimum atomic E-state index is -0.433. The van der Waals surface area contributed by atoms with Crippen LogP contribution in [0.5, 0.6) is 0 Å². The second kappa shape index (κ2) is 3.11. The standard InChI is InChI=1S/C19H22O2/c1-10-6-9-18-15-11(7-8-17(15,2)3)14(16(18)21)12-4-5-13(20)19(10,12)18/h4-5,10,12,14H,6-9H2,1-3H3/t10-,12-,14+,18+,19+/m0/s1. The van der Waals surface area contributed by atoms with Gasteiger partial charge in [0.2, 0.25) is 0 Å². The normalized spacial score (nSPS) is 51.9. The van der Waals surface area contributed by atoms with Gasteiger partial charge in [-0.05, 0) is 48.7 Å². The molecule has 2 heteroatoms. The van der Waals surface area contributed by atoms with Crippen LogP contribution in [0, 0.1) is 34.0 Å². The summed E-state index contributed by atoms with van der Waals surface area (Å²) in [6.07, 6.45) is 8.05. The maximum Gasteiger partial charge on any atom is 0.163 e. The SMILES string of the molecule is C[C@H]1CC[C@]23C(=O)[C@H](C4=C2C(C)(C)CC4)[C@@H]2C=CC(=O)[C@@]123. The quantitative estimate of drug-likeness (QED) is 0.637. The highest BCUT2D eigenvalue weighted by atomic mass is 16.1. The minimum Gasteiger partial charge on any atom is -0.298 e. The van der Waals surface area contributed by atoms with E-state index in [-0.39, 0.29) is 23.0 Å². The van der Waals surface area contributed by atoms with Crippen LogP contribution in [0.15, 0.2) is 23.3 Å². The van der Waals surface area contributed by atoms with Gasteiger partial charge >= 0.3 is 0 Å². The molecule has 5 aliphatic carbocycles. The highest BCUT2D eigenvalue weighted by Gasteiger charge is 2.82. The monoisotopic (exact) mass is 282 g/mol. The molecule has 0 heterocycles. The predicted octanol–water partition coefficient (Wildman–Crippen LogP) is 3.47. The zero-order chi connectivity index (χ0) is 14.8. The smallest absolute Gasteiger partial charge is 0.163 e. The lowest BCUT2D eigenvalue weighted by Gasteiger charge is -2.47. The van der Waals surface area contributed by atoms with Gasteiger partial charge < -0.3 is 0 Å². The Kier molecular flexibility index (Phi) is 1.83. The van der Waals surface area contributed by atoms with E-state index in [4.69, 9.17) is 0 Å². The van der Waals surface area contributed by atoms with Crippen molar-refractivity contribution in [3.05, 3.63) is 23.3 Å². The van der Waals surface area contributed by atoms with E-state index in [1.165, 1.54) is 11.1 Å². The van der Waals surface area contributed by atoms with Crippen LogP contribution in [0.1, 0.15) is 46.5 Å². The van der Waals surface area contributed by atoms with Crippen molar-refractivity contribution in [1.82, 2.24) is 0 Å². The molecule has 0 radical (unpaired) electrons. The molecule has 0 saturated heterocycles. The van der Waals surface area contributed by atoms with Crippen LogP contribution in [-0.4, -0.2) is 11.6 Å². The lowest BCUT2D eigenvalue weighted by Crippen LogP contribution is -2.50. The van der Waals surface area contributed by atoms with E-state index in [9.17, 15) is 9.59 Å². The third-order valence-electron chi connectivity index (χ3n) is 7.71. The molecule has 5 rings (SSSR count). The number of fused-ring (bicyclic) bond motifs is 3. The molecule has 5 atom stereocenters. The lowest BCUT2D eigenvalue weighted by atomic mass is 9.53. The molecule has 0 aromatic carbocycles. The topological polar surface area (TPSA) is 34.1 Å². The number of carbonyl (C=O) groups excluding carboxylic acids is 2. The fourth-order valence-corrected chi connectivity index (χ4v) is 7.25. The van der Waals surface area contributed by atoms with Crippen molar-refractivity contribution in [3.63, 3.8) is 0 Å². The van der Waals surface area contributed by atoms with Crippen molar-refractivity contribution >= 4 is 11.6 Å². The second-order valence-corrected chi connectivity index (χ2v) is 8.59. The molecule has 0 amide bonds. The summed E-state index contributed by atoms with van der Waals surface area (Å²) in [5.41, 5.74) is 2.10. The summed E-state index contributed by atoms with van der Waals surface area (Å²) in [5, 5.41) is 0. The Bertz CT molecular complexity index is 680. The number of allylic oxidation sites excluding steroid dienone is 4. The summed E-state index contributed by atoms with van der Waals surface area (Å²) in [6, 6.07) is 0. The molecule has 110 valence electrons. The Hall–Kier alpha value is -1.18. The first kappa shape index (κ1) is 12.4. The Morgan fingerprint density at radius 2 is 1.95 bits per heavy atom. The Morgan fingerprint density at radius 1 is 1.19 bits per heavy atom. The van der Waals surface area contributed by atoms with Gasteiger partial charge in [0.05, 0.1) is 10.8 Å². The van der Waals surface area contributed by atoms with Crippen molar-refractivity contribution in [2.45, 2.75) is 46.5 Å². The third-order valence-corrected chi connectivity index (χ3v) is 7.71. The van der Waals surface area contributed by atoms with Crippen LogP contribution in [0.3, 0.4) is 0 Å².